The van der Waals surface area contributed by atoms with Crippen molar-refractivity contribution in [3.63, 3.8) is 0 Å². The summed E-state index contributed by atoms with van der Waals surface area (Å²) >= 11 is 0. The number of carbonyl (C=O) groups excluding carboxylic acids is 1. The van der Waals surface area contributed by atoms with Gasteiger partial charge in [0.2, 0.25) is 6.29 Å². The Balaban J connectivity index is 1.39. The molecule has 16 atom stereocenters. The van der Waals surface area contributed by atoms with E-state index in [1.165, 1.54) is 0 Å². The van der Waals surface area contributed by atoms with Crippen LogP contribution in [-0.2, 0) is 14.3 Å². The highest BCUT2D eigenvalue weighted by atomic mass is 16.7. The molecule has 6 aliphatic rings. The zero-order chi connectivity index (χ0) is 34.0. The summed E-state index contributed by atoms with van der Waals surface area (Å²) < 4.78 is 11.5. The van der Waals surface area contributed by atoms with Crippen LogP contribution in [0.3, 0.4) is 0 Å². The smallest absolute Gasteiger partial charge is 0.315 e. The lowest BCUT2D eigenvalue weighted by molar-refractivity contribution is -0.299. The van der Waals surface area contributed by atoms with Gasteiger partial charge in [-0.25, -0.2) is 0 Å². The molecule has 6 rings (SSSR count). The third kappa shape index (κ3) is 4.39. The van der Waals surface area contributed by atoms with Gasteiger partial charge in [0.15, 0.2) is 0 Å². The van der Waals surface area contributed by atoms with Crippen molar-refractivity contribution in [2.75, 3.05) is 6.61 Å². The third-order valence-electron chi connectivity index (χ3n) is 15.5. The zero-order valence-corrected chi connectivity index (χ0v) is 28.6. The van der Waals surface area contributed by atoms with Crippen LogP contribution in [-0.4, -0.2) is 96.8 Å². The maximum absolute atomic E-state index is 14.5. The molecule has 1 saturated heterocycles. The topological polar surface area (TPSA) is 177 Å². The molecule has 7 N–H and O–H groups in total. The van der Waals surface area contributed by atoms with E-state index in [4.69, 9.17) is 9.47 Å². The number of fused-ring (bicyclic) bond motifs is 7. The average molecular weight is 651 g/mol. The molecule has 10 heteroatoms. The van der Waals surface area contributed by atoms with Gasteiger partial charge in [-0.15, -0.1) is 0 Å². The molecule has 0 aromatic carbocycles. The fourth-order valence-corrected chi connectivity index (χ4v) is 12.4. The number of carbonyl (C=O) groups is 1. The molecule has 1 unspecified atom stereocenters. The summed E-state index contributed by atoms with van der Waals surface area (Å²) in [6, 6.07) is 0. The molecule has 0 amide bonds. The quantitative estimate of drug-likeness (QED) is 0.177. The Morgan fingerprint density at radius 3 is 2.24 bits per heavy atom. The van der Waals surface area contributed by atoms with Gasteiger partial charge in [-0.3, -0.25) is 4.79 Å². The molecule has 46 heavy (non-hydrogen) atoms. The molecule has 5 aliphatic carbocycles. The number of ether oxygens (including phenoxy) is 2. The van der Waals surface area contributed by atoms with Gasteiger partial charge in [-0.2, -0.15) is 0 Å². The molecular formula is C36H58O10. The molecule has 1 aliphatic heterocycles. The largest absolute Gasteiger partial charge is 0.432 e. The number of aliphatic hydroxyl groups excluding tert-OH is 6. The molecule has 10 nitrogen and oxygen atoms in total. The molecule has 5 fully saturated rings. The van der Waals surface area contributed by atoms with Gasteiger partial charge in [-0.1, -0.05) is 53.2 Å². The summed E-state index contributed by atoms with van der Waals surface area (Å²) in [6.07, 6.45) is -1.65. The summed E-state index contributed by atoms with van der Waals surface area (Å²) in [5, 5.41) is 75.6. The first kappa shape index (κ1) is 34.7. The molecule has 0 aromatic rings. The highest BCUT2D eigenvalue weighted by Gasteiger charge is 2.72. The highest BCUT2D eigenvalue weighted by Crippen LogP contribution is 2.76. The van der Waals surface area contributed by atoms with E-state index in [9.17, 15) is 40.5 Å². The summed E-state index contributed by atoms with van der Waals surface area (Å²) in [6.45, 7) is 14.4. The number of hydrogen-bond acceptors (Lipinski definition) is 10. The van der Waals surface area contributed by atoms with E-state index in [1.807, 2.05) is 13.8 Å². The fraction of sp³-hybridized carbons (Fsp3) is 0.917. The monoisotopic (exact) mass is 650 g/mol. The summed E-state index contributed by atoms with van der Waals surface area (Å²) in [7, 11) is 0. The van der Waals surface area contributed by atoms with Crippen LogP contribution in [0.1, 0.15) is 99.8 Å². The summed E-state index contributed by atoms with van der Waals surface area (Å²) in [5.41, 5.74) is -2.44. The van der Waals surface area contributed by atoms with Gasteiger partial charge in [0.1, 0.15) is 24.4 Å². The van der Waals surface area contributed by atoms with E-state index in [1.54, 1.807) is 0 Å². The second kappa shape index (κ2) is 10.9. The standard InChI is InChI=1S/C36H58O10/c1-18-10-13-36(30(43)46-29-26(41)25(40)24(39)21(17-37)45-29)15-14-33(5)19(27(36)35(18,7)44)8-9-23-32(4)16-20(38)28(42)31(2,3)22(32)11-12-34(23,33)6/h8,18,20-29,37-42,44H,9-17H2,1-7H3/t18-,20+,21-,22?,23+,24-,25+,26-,27+,28-,29+,32+,33-,34-,35-,36+/m1/s1. The first-order chi connectivity index (χ1) is 21.2. The van der Waals surface area contributed by atoms with Gasteiger partial charge in [-0.05, 0) is 97.7 Å². The molecule has 0 radical (unpaired) electrons. The Hall–Kier alpha value is -1.11. The van der Waals surface area contributed by atoms with E-state index >= 15 is 0 Å². The minimum Gasteiger partial charge on any atom is -0.432 e. The molecule has 262 valence electrons. The first-order valence-electron chi connectivity index (χ1n) is 17.5. The molecule has 0 spiro atoms. The van der Waals surface area contributed by atoms with Gasteiger partial charge in [0.25, 0.3) is 0 Å². The molecule has 0 aromatic heterocycles. The SMILES string of the molecule is C[C@@H]1CC[C@]2(C(=O)O[C@@H]3O[C@H](CO)[C@@H](O)[C@H](O)[C@H]3O)CC[C@]3(C)C(=CC[C@H]4[C@@]5(C)C[C@H](O)[C@@H](O)C(C)(C)C5CC[C@]43C)[C@H]2[C@]1(C)O. The van der Waals surface area contributed by atoms with E-state index in [2.05, 4.69) is 40.7 Å². The lowest BCUT2D eigenvalue weighted by Gasteiger charge is -2.72. The van der Waals surface area contributed by atoms with E-state index in [0.717, 1.165) is 24.8 Å². The lowest BCUT2D eigenvalue weighted by atomic mass is 9.33. The number of allylic oxidation sites excluding steroid dienone is 1. The Kier molecular flexibility index (Phi) is 8.27. The van der Waals surface area contributed by atoms with Crippen LogP contribution in [0.25, 0.3) is 0 Å². The Morgan fingerprint density at radius 2 is 1.59 bits per heavy atom. The van der Waals surface area contributed by atoms with E-state index in [0.29, 0.717) is 32.1 Å². The van der Waals surface area contributed by atoms with Crippen LogP contribution in [0.4, 0.5) is 0 Å². The number of aliphatic hydroxyl groups is 7. The lowest BCUT2D eigenvalue weighted by Crippen LogP contribution is -2.69. The summed E-state index contributed by atoms with van der Waals surface area (Å²) in [5.74, 6) is -0.787. The minimum absolute atomic E-state index is 0.0940. The van der Waals surface area contributed by atoms with Crippen LogP contribution < -0.4 is 0 Å². The Morgan fingerprint density at radius 1 is 0.913 bits per heavy atom. The zero-order valence-electron chi connectivity index (χ0n) is 28.6. The van der Waals surface area contributed by atoms with Crippen LogP contribution in [0.2, 0.25) is 0 Å². The van der Waals surface area contributed by atoms with Crippen molar-refractivity contribution in [1.82, 2.24) is 0 Å². The maximum atomic E-state index is 14.5. The van der Waals surface area contributed by atoms with Gasteiger partial charge in [0.05, 0.1) is 29.8 Å². The minimum atomic E-state index is -1.70. The average Bonchev–Trinajstić information content (AvgIpc) is 2.98. The number of esters is 1. The van der Waals surface area contributed by atoms with Crippen molar-refractivity contribution in [3.8, 4) is 0 Å². The summed E-state index contributed by atoms with van der Waals surface area (Å²) in [4.78, 5) is 14.5. The van der Waals surface area contributed by atoms with Gasteiger partial charge >= 0.3 is 5.97 Å². The Labute approximate surface area is 273 Å². The Bertz CT molecular complexity index is 1250. The first-order valence-corrected chi connectivity index (χ1v) is 17.5. The van der Waals surface area contributed by atoms with Crippen molar-refractivity contribution in [3.05, 3.63) is 11.6 Å². The van der Waals surface area contributed by atoms with Crippen molar-refractivity contribution in [2.24, 2.45) is 50.7 Å². The van der Waals surface area contributed by atoms with Crippen molar-refractivity contribution >= 4 is 5.97 Å². The molecule has 0 bridgehead atoms. The highest BCUT2D eigenvalue weighted by molar-refractivity contribution is 5.79. The van der Waals surface area contributed by atoms with Crippen molar-refractivity contribution in [1.29, 1.82) is 0 Å². The van der Waals surface area contributed by atoms with E-state index in [-0.39, 0.29) is 34.0 Å². The van der Waals surface area contributed by atoms with Crippen molar-refractivity contribution < 1.29 is 50.0 Å². The molecule has 1 heterocycles. The number of rotatable bonds is 3. The second-order valence-electron chi connectivity index (χ2n) is 17.7. The fourth-order valence-electron chi connectivity index (χ4n) is 12.4. The predicted molar refractivity (Wildman–Crippen MR) is 168 cm³/mol. The molecular weight excluding hydrogens is 592 g/mol. The number of hydrogen-bond donors (Lipinski definition) is 7. The molecule has 4 saturated carbocycles. The van der Waals surface area contributed by atoms with Gasteiger partial charge in [0, 0.05) is 5.92 Å². The van der Waals surface area contributed by atoms with Crippen LogP contribution in [0.5, 0.6) is 0 Å². The normalized spacial score (nSPS) is 56.4. The third-order valence-corrected chi connectivity index (χ3v) is 15.5. The van der Waals surface area contributed by atoms with Crippen molar-refractivity contribution in [2.45, 2.75) is 148 Å². The van der Waals surface area contributed by atoms with Crippen LogP contribution in [0, 0.1) is 50.7 Å². The van der Waals surface area contributed by atoms with Crippen LogP contribution >= 0.6 is 0 Å². The predicted octanol–water partition coefficient (Wildman–Crippen LogP) is 2.43. The van der Waals surface area contributed by atoms with E-state index < -0.39 is 77.8 Å². The second-order valence-corrected chi connectivity index (χ2v) is 17.7. The van der Waals surface area contributed by atoms with Crippen LogP contribution in [0.15, 0.2) is 11.6 Å². The van der Waals surface area contributed by atoms with Gasteiger partial charge < -0.3 is 45.2 Å². The maximum Gasteiger partial charge on any atom is 0.315 e.